The smallest absolute Gasteiger partial charge is 0.188 e. The summed E-state index contributed by atoms with van der Waals surface area (Å²) in [5, 5.41) is 13.0. The number of aromatic nitrogens is 4. The molecule has 20 heavy (non-hydrogen) atoms. The summed E-state index contributed by atoms with van der Waals surface area (Å²) in [4.78, 5) is 10.8. The third-order valence-electron chi connectivity index (χ3n) is 2.75. The zero-order valence-electron chi connectivity index (χ0n) is 11.2. The van der Waals surface area contributed by atoms with E-state index in [1.54, 1.807) is 23.7 Å². The van der Waals surface area contributed by atoms with Crippen LogP contribution in [0.2, 0.25) is 0 Å². The second kappa shape index (κ2) is 5.30. The number of nitrogens with zero attached hydrogens (tertiary/aromatic N) is 4. The maximum atomic E-state index is 4.57. The molecule has 6 nitrogen and oxygen atoms in total. The summed E-state index contributed by atoms with van der Waals surface area (Å²) in [7, 11) is 3.94. The Morgan fingerprint density at radius 1 is 1.30 bits per heavy atom. The zero-order valence-corrected chi connectivity index (χ0v) is 12.0. The topological polar surface area (TPSA) is 69.7 Å². The molecular weight excluding hydrogens is 272 g/mol. The van der Waals surface area contributed by atoms with Crippen LogP contribution in [-0.4, -0.2) is 34.3 Å². The molecule has 0 atom stereocenters. The molecule has 0 fully saturated rings. The number of hydrogen-bond acceptors (Lipinski definition) is 6. The van der Waals surface area contributed by atoms with Crippen molar-refractivity contribution in [3.8, 4) is 11.3 Å². The number of hydrogen-bond donors (Lipinski definition) is 2. The van der Waals surface area contributed by atoms with E-state index in [1.165, 1.54) is 0 Å². The fourth-order valence-corrected chi connectivity index (χ4v) is 2.53. The van der Waals surface area contributed by atoms with Gasteiger partial charge in [0.15, 0.2) is 5.13 Å². The van der Waals surface area contributed by atoms with E-state index in [0.29, 0.717) is 0 Å². The molecule has 3 heterocycles. The van der Waals surface area contributed by atoms with E-state index >= 15 is 0 Å². The number of aromatic amines is 1. The fraction of sp³-hybridized carbons (Fsp3) is 0.154. The van der Waals surface area contributed by atoms with Crippen LogP contribution in [0.1, 0.15) is 0 Å². The van der Waals surface area contributed by atoms with Crippen molar-refractivity contribution in [1.29, 1.82) is 0 Å². The Morgan fingerprint density at radius 3 is 2.95 bits per heavy atom. The SMILES string of the molecule is CN(C)c1[nH]ncc1-c1csc(Nc2ccccn2)n1. The Hall–Kier alpha value is -2.41. The first-order valence-corrected chi connectivity index (χ1v) is 6.96. The predicted octanol–water partition coefficient (Wildman–Crippen LogP) is 2.74. The van der Waals surface area contributed by atoms with E-state index in [-0.39, 0.29) is 0 Å². The molecule has 0 aliphatic carbocycles. The van der Waals surface area contributed by atoms with Crippen LogP contribution in [0.3, 0.4) is 0 Å². The van der Waals surface area contributed by atoms with E-state index in [2.05, 4.69) is 25.5 Å². The normalized spacial score (nSPS) is 10.5. The van der Waals surface area contributed by atoms with Crippen LogP contribution in [-0.2, 0) is 0 Å². The molecule has 7 heteroatoms. The largest absolute Gasteiger partial charge is 0.363 e. The first-order chi connectivity index (χ1) is 9.74. The molecule has 0 saturated heterocycles. The minimum atomic E-state index is 0.786. The quantitative estimate of drug-likeness (QED) is 0.771. The number of pyridine rings is 1. The molecule has 0 radical (unpaired) electrons. The first kappa shape index (κ1) is 12.6. The molecule has 0 bridgehead atoms. The molecule has 0 unspecified atom stereocenters. The van der Waals surface area contributed by atoms with Crippen LogP contribution in [0.5, 0.6) is 0 Å². The lowest BCUT2D eigenvalue weighted by Gasteiger charge is -2.10. The van der Waals surface area contributed by atoms with Gasteiger partial charge in [-0.3, -0.25) is 5.10 Å². The van der Waals surface area contributed by atoms with E-state index in [1.807, 2.05) is 42.6 Å². The number of anilines is 3. The van der Waals surface area contributed by atoms with Gasteiger partial charge in [-0.1, -0.05) is 6.07 Å². The standard InChI is InChI=1S/C13H14N6S/c1-19(2)12-9(7-15-18-12)10-8-20-13(16-10)17-11-5-3-4-6-14-11/h3-8H,1-2H3,(H,15,18)(H,14,16,17). The summed E-state index contributed by atoms with van der Waals surface area (Å²) in [5.74, 6) is 1.73. The second-order valence-electron chi connectivity index (χ2n) is 4.40. The maximum Gasteiger partial charge on any atom is 0.188 e. The summed E-state index contributed by atoms with van der Waals surface area (Å²) in [6.45, 7) is 0. The summed E-state index contributed by atoms with van der Waals surface area (Å²) < 4.78 is 0. The Labute approximate surface area is 120 Å². The molecule has 0 saturated carbocycles. The molecule has 0 aliphatic rings. The minimum absolute atomic E-state index is 0.786. The van der Waals surface area contributed by atoms with Crippen molar-refractivity contribution in [3.05, 3.63) is 36.0 Å². The van der Waals surface area contributed by atoms with Gasteiger partial charge in [-0.25, -0.2) is 9.97 Å². The average Bonchev–Trinajstić information content (AvgIpc) is 3.07. The van der Waals surface area contributed by atoms with Crippen molar-refractivity contribution in [1.82, 2.24) is 20.2 Å². The highest BCUT2D eigenvalue weighted by atomic mass is 32.1. The summed E-state index contributed by atoms with van der Waals surface area (Å²) >= 11 is 1.54. The number of H-pyrrole nitrogens is 1. The third kappa shape index (κ3) is 2.48. The van der Waals surface area contributed by atoms with E-state index < -0.39 is 0 Å². The molecule has 3 aromatic rings. The van der Waals surface area contributed by atoms with Gasteiger partial charge in [0.05, 0.1) is 17.5 Å². The molecule has 3 rings (SSSR count). The van der Waals surface area contributed by atoms with Gasteiger partial charge in [-0.15, -0.1) is 11.3 Å². The van der Waals surface area contributed by atoms with Gasteiger partial charge in [0, 0.05) is 25.7 Å². The summed E-state index contributed by atoms with van der Waals surface area (Å²) in [6.07, 6.45) is 3.53. The van der Waals surface area contributed by atoms with Crippen LogP contribution in [0.15, 0.2) is 36.0 Å². The molecule has 0 amide bonds. The number of rotatable bonds is 4. The van der Waals surface area contributed by atoms with E-state index in [9.17, 15) is 0 Å². The highest BCUT2D eigenvalue weighted by Gasteiger charge is 2.12. The number of thiazole rings is 1. The molecule has 3 aromatic heterocycles. The van der Waals surface area contributed by atoms with Crippen molar-refractivity contribution >= 4 is 28.1 Å². The Kier molecular flexibility index (Phi) is 3.34. The molecule has 0 aromatic carbocycles. The van der Waals surface area contributed by atoms with Crippen LogP contribution >= 0.6 is 11.3 Å². The summed E-state index contributed by atoms with van der Waals surface area (Å²) in [5.41, 5.74) is 1.88. The van der Waals surface area contributed by atoms with Crippen molar-refractivity contribution < 1.29 is 0 Å². The molecule has 2 N–H and O–H groups in total. The first-order valence-electron chi connectivity index (χ1n) is 6.08. The highest BCUT2D eigenvalue weighted by Crippen LogP contribution is 2.31. The minimum Gasteiger partial charge on any atom is -0.363 e. The van der Waals surface area contributed by atoms with Gasteiger partial charge >= 0.3 is 0 Å². The lowest BCUT2D eigenvalue weighted by Crippen LogP contribution is -2.10. The van der Waals surface area contributed by atoms with Crippen molar-refractivity contribution in [2.75, 3.05) is 24.3 Å². The van der Waals surface area contributed by atoms with Gasteiger partial charge < -0.3 is 10.2 Å². The van der Waals surface area contributed by atoms with E-state index in [4.69, 9.17) is 0 Å². The van der Waals surface area contributed by atoms with Crippen LogP contribution < -0.4 is 10.2 Å². The summed E-state index contributed by atoms with van der Waals surface area (Å²) in [6, 6.07) is 5.72. The van der Waals surface area contributed by atoms with Crippen LogP contribution in [0, 0.1) is 0 Å². The van der Waals surface area contributed by atoms with Gasteiger partial charge in [0.25, 0.3) is 0 Å². The third-order valence-corrected chi connectivity index (χ3v) is 3.50. The highest BCUT2D eigenvalue weighted by molar-refractivity contribution is 7.14. The fourth-order valence-electron chi connectivity index (χ4n) is 1.81. The number of nitrogens with one attached hydrogen (secondary N) is 2. The van der Waals surface area contributed by atoms with Crippen molar-refractivity contribution in [2.24, 2.45) is 0 Å². The van der Waals surface area contributed by atoms with Crippen molar-refractivity contribution in [3.63, 3.8) is 0 Å². The second-order valence-corrected chi connectivity index (χ2v) is 5.26. The monoisotopic (exact) mass is 286 g/mol. The predicted molar refractivity (Wildman–Crippen MR) is 81.5 cm³/mol. The van der Waals surface area contributed by atoms with Gasteiger partial charge in [-0.2, -0.15) is 5.10 Å². The van der Waals surface area contributed by atoms with E-state index in [0.717, 1.165) is 28.0 Å². The molecular formula is C13H14N6S. The lowest BCUT2D eigenvalue weighted by molar-refractivity contribution is 1.01. The van der Waals surface area contributed by atoms with Gasteiger partial charge in [-0.05, 0) is 12.1 Å². The maximum absolute atomic E-state index is 4.57. The lowest BCUT2D eigenvalue weighted by atomic mass is 10.2. The molecule has 0 spiro atoms. The van der Waals surface area contributed by atoms with Gasteiger partial charge in [0.2, 0.25) is 0 Å². The Balaban J connectivity index is 1.85. The Bertz CT molecular complexity index is 688. The van der Waals surface area contributed by atoms with Crippen LogP contribution in [0.25, 0.3) is 11.3 Å². The average molecular weight is 286 g/mol. The molecule has 102 valence electrons. The van der Waals surface area contributed by atoms with Gasteiger partial charge in [0.1, 0.15) is 11.6 Å². The van der Waals surface area contributed by atoms with Crippen molar-refractivity contribution in [2.45, 2.75) is 0 Å². The molecule has 0 aliphatic heterocycles. The zero-order chi connectivity index (χ0) is 13.9. The Morgan fingerprint density at radius 2 is 2.20 bits per heavy atom. The van der Waals surface area contributed by atoms with Crippen LogP contribution in [0.4, 0.5) is 16.8 Å².